The first kappa shape index (κ1) is 10.4. The molecule has 1 aromatic carbocycles. The van der Waals surface area contributed by atoms with Crippen LogP contribution in [-0.2, 0) is 0 Å². The molecule has 1 rings (SSSR count). The highest BCUT2D eigenvalue weighted by Gasteiger charge is 2.15. The molecule has 0 spiro atoms. The zero-order valence-electron chi connectivity index (χ0n) is 5.57. The molecule has 0 aliphatic heterocycles. The molecule has 5 heteroatoms. The van der Waals surface area contributed by atoms with E-state index >= 15 is 0 Å². The van der Waals surface area contributed by atoms with Gasteiger partial charge in [0.2, 0.25) is 0 Å². The Kier molecular flexibility index (Phi) is 3.48. The maximum atomic E-state index is 13.2. The maximum absolute atomic E-state index is 13.2. The van der Waals surface area contributed by atoms with Crippen LogP contribution in [0.1, 0.15) is 10.4 Å². The summed E-state index contributed by atoms with van der Waals surface area (Å²) in [4.78, 5) is 10.7. The molecule has 0 atom stereocenters. The summed E-state index contributed by atoms with van der Waals surface area (Å²) >= 11 is 9.99. The van der Waals surface area contributed by atoms with Crippen LogP contribution < -0.4 is 0 Å². The topological polar surface area (TPSA) is 17.1 Å². The van der Waals surface area contributed by atoms with Gasteiger partial charge < -0.3 is 0 Å². The fourth-order valence-electron chi connectivity index (χ4n) is 0.707. The summed E-state index contributed by atoms with van der Waals surface area (Å²) in [6, 6.07) is 3.14. The molecule has 0 aromatic heterocycles. The highest BCUT2D eigenvalue weighted by molar-refractivity contribution is 14.1. The summed E-state index contributed by atoms with van der Waals surface area (Å²) in [5.74, 6) is -0.609. The number of carbonyl (C=O) groups excluding carboxylic acids is 1. The van der Waals surface area contributed by atoms with Crippen LogP contribution in [0.2, 0.25) is 0 Å². The first-order valence-electron chi connectivity index (χ1n) is 2.87. The molecule has 0 fully saturated rings. The normalized spacial score (nSPS) is 10.0. The van der Waals surface area contributed by atoms with Crippen molar-refractivity contribution in [2.45, 2.75) is 0 Å². The lowest BCUT2D eigenvalue weighted by Gasteiger charge is -2.01. The van der Waals surface area contributed by atoms with Crippen molar-refractivity contribution in [2.75, 3.05) is 0 Å². The third-order valence-corrected chi connectivity index (χ3v) is 2.94. The SMILES string of the molecule is O=C(Cl)c1c(I)ccc(Br)c1F. The Labute approximate surface area is 95.6 Å². The van der Waals surface area contributed by atoms with E-state index in [4.69, 9.17) is 11.6 Å². The number of halogens is 4. The lowest BCUT2D eigenvalue weighted by atomic mass is 10.2. The quantitative estimate of drug-likeness (QED) is 0.424. The van der Waals surface area contributed by atoms with Gasteiger partial charge in [0.15, 0.2) is 5.82 Å². The Hall–Kier alpha value is 0.320. The summed E-state index contributed by atoms with van der Waals surface area (Å²) in [6.07, 6.45) is 0. The van der Waals surface area contributed by atoms with Gasteiger partial charge in [-0.3, -0.25) is 4.79 Å². The van der Waals surface area contributed by atoms with Gasteiger partial charge in [0, 0.05) is 3.57 Å². The van der Waals surface area contributed by atoms with Crippen LogP contribution in [0.3, 0.4) is 0 Å². The molecule has 0 aliphatic rings. The zero-order chi connectivity index (χ0) is 9.30. The summed E-state index contributed by atoms with van der Waals surface area (Å²) in [6.45, 7) is 0. The Bertz CT molecular complexity index is 342. The number of rotatable bonds is 1. The third kappa shape index (κ3) is 1.97. The lowest BCUT2D eigenvalue weighted by Crippen LogP contribution is -1.98. The monoisotopic (exact) mass is 362 g/mol. The molecule has 1 aromatic rings. The Morgan fingerprint density at radius 3 is 2.58 bits per heavy atom. The van der Waals surface area contributed by atoms with E-state index in [0.29, 0.717) is 3.57 Å². The molecule has 0 radical (unpaired) electrons. The van der Waals surface area contributed by atoms with Crippen molar-refractivity contribution in [2.24, 2.45) is 0 Å². The van der Waals surface area contributed by atoms with E-state index in [1.54, 1.807) is 6.07 Å². The summed E-state index contributed by atoms with van der Waals surface area (Å²) in [7, 11) is 0. The predicted molar refractivity (Wildman–Crippen MR) is 57.0 cm³/mol. The second-order valence-corrected chi connectivity index (χ2v) is 4.35. The molecule has 0 amide bonds. The largest absolute Gasteiger partial charge is 0.275 e. The zero-order valence-corrected chi connectivity index (χ0v) is 10.1. The first-order chi connectivity index (χ1) is 5.54. The molecule has 64 valence electrons. The Balaban J connectivity index is 3.43. The van der Waals surface area contributed by atoms with Gasteiger partial charge in [-0.1, -0.05) is 0 Å². The second kappa shape index (κ2) is 4.02. The van der Waals surface area contributed by atoms with E-state index in [-0.39, 0.29) is 10.0 Å². The molecule has 0 saturated heterocycles. The van der Waals surface area contributed by atoms with Gasteiger partial charge in [-0.15, -0.1) is 0 Å². The average Bonchev–Trinajstić information content (AvgIpc) is 1.97. The van der Waals surface area contributed by atoms with Crippen molar-refractivity contribution in [3.63, 3.8) is 0 Å². The summed E-state index contributed by atoms with van der Waals surface area (Å²) < 4.78 is 13.9. The molecule has 0 aliphatic carbocycles. The summed E-state index contributed by atoms with van der Waals surface area (Å²) in [5.41, 5.74) is -0.0772. The van der Waals surface area contributed by atoms with Crippen molar-refractivity contribution in [1.29, 1.82) is 0 Å². The van der Waals surface area contributed by atoms with Crippen LogP contribution in [0.5, 0.6) is 0 Å². The molecule has 0 saturated carbocycles. The van der Waals surface area contributed by atoms with Crippen LogP contribution >= 0.6 is 50.1 Å². The number of benzene rings is 1. The van der Waals surface area contributed by atoms with Gasteiger partial charge in [0.1, 0.15) is 0 Å². The highest BCUT2D eigenvalue weighted by atomic mass is 127. The smallest absolute Gasteiger partial charge is 0.256 e. The molecular weight excluding hydrogens is 361 g/mol. The van der Waals surface area contributed by atoms with E-state index in [9.17, 15) is 9.18 Å². The van der Waals surface area contributed by atoms with Crippen LogP contribution in [0.15, 0.2) is 16.6 Å². The van der Waals surface area contributed by atoms with Gasteiger partial charge in [-0.05, 0) is 62.3 Å². The number of carbonyl (C=O) groups is 1. The fourth-order valence-corrected chi connectivity index (χ4v) is 2.04. The van der Waals surface area contributed by atoms with E-state index < -0.39 is 11.1 Å². The minimum Gasteiger partial charge on any atom is -0.275 e. The average molecular weight is 363 g/mol. The van der Waals surface area contributed by atoms with Gasteiger partial charge in [0.25, 0.3) is 5.24 Å². The van der Waals surface area contributed by atoms with Crippen LogP contribution in [0.4, 0.5) is 4.39 Å². The van der Waals surface area contributed by atoms with Crippen molar-refractivity contribution in [1.82, 2.24) is 0 Å². The van der Waals surface area contributed by atoms with E-state index in [2.05, 4.69) is 15.9 Å². The van der Waals surface area contributed by atoms with Crippen molar-refractivity contribution in [3.8, 4) is 0 Å². The van der Waals surface area contributed by atoms with Gasteiger partial charge in [0.05, 0.1) is 10.0 Å². The van der Waals surface area contributed by atoms with Crippen molar-refractivity contribution < 1.29 is 9.18 Å². The molecule has 12 heavy (non-hydrogen) atoms. The van der Waals surface area contributed by atoms with Gasteiger partial charge >= 0.3 is 0 Å². The number of hydrogen-bond acceptors (Lipinski definition) is 1. The van der Waals surface area contributed by atoms with E-state index in [1.807, 2.05) is 22.6 Å². The molecular formula is C7H2BrClFIO. The number of hydrogen-bond donors (Lipinski definition) is 0. The van der Waals surface area contributed by atoms with Crippen LogP contribution in [0, 0.1) is 9.39 Å². The lowest BCUT2D eigenvalue weighted by molar-refractivity contribution is 0.107. The highest BCUT2D eigenvalue weighted by Crippen LogP contribution is 2.24. The molecule has 0 N–H and O–H groups in total. The Morgan fingerprint density at radius 2 is 2.17 bits per heavy atom. The molecule has 0 unspecified atom stereocenters. The van der Waals surface area contributed by atoms with Crippen LogP contribution in [0.25, 0.3) is 0 Å². The van der Waals surface area contributed by atoms with Crippen molar-refractivity contribution in [3.05, 3.63) is 31.6 Å². The summed E-state index contributed by atoms with van der Waals surface area (Å²) in [5, 5.41) is -0.779. The second-order valence-electron chi connectivity index (χ2n) is 1.99. The molecule has 0 bridgehead atoms. The van der Waals surface area contributed by atoms with E-state index in [1.165, 1.54) is 6.07 Å². The minimum atomic E-state index is -0.779. The Morgan fingerprint density at radius 1 is 1.58 bits per heavy atom. The molecule has 1 nitrogen and oxygen atoms in total. The maximum Gasteiger partial charge on any atom is 0.256 e. The van der Waals surface area contributed by atoms with Crippen LogP contribution in [-0.4, -0.2) is 5.24 Å². The fraction of sp³-hybridized carbons (Fsp3) is 0. The predicted octanol–water partition coefficient (Wildman–Crippen LogP) is 3.57. The first-order valence-corrected chi connectivity index (χ1v) is 5.12. The van der Waals surface area contributed by atoms with Gasteiger partial charge in [-0.25, -0.2) is 4.39 Å². The third-order valence-electron chi connectivity index (χ3n) is 1.24. The standard InChI is InChI=1S/C7H2BrClFIO/c8-3-1-2-4(11)5(6(3)10)7(9)12/h1-2H. The van der Waals surface area contributed by atoms with Crippen molar-refractivity contribution >= 4 is 55.4 Å². The minimum absolute atomic E-state index is 0.0772. The molecule has 0 heterocycles. The van der Waals surface area contributed by atoms with Gasteiger partial charge in [-0.2, -0.15) is 0 Å². The van der Waals surface area contributed by atoms with E-state index in [0.717, 1.165) is 0 Å².